The fourth-order valence-corrected chi connectivity index (χ4v) is 9.14. The van der Waals surface area contributed by atoms with Crippen molar-refractivity contribution < 1.29 is 0 Å². The van der Waals surface area contributed by atoms with Crippen LogP contribution in [-0.4, -0.2) is 11.7 Å². The summed E-state index contributed by atoms with van der Waals surface area (Å²) in [5, 5.41) is 16.1. The maximum atomic E-state index is 10.1. The van der Waals surface area contributed by atoms with Gasteiger partial charge in [-0.3, -0.25) is 0 Å². The number of nitrogens with one attached hydrogen (secondary N) is 1. The SMILES string of the molecule is N#Cc1ccc2c(c1)C1(c3cc(-c4ccc(C5=NC(c6ccccc6)N=C(c6ccccc6)N5)cc4)ccc3-2)c2ccccc2-c2c1ccc1ccccc21. The van der Waals surface area contributed by atoms with E-state index in [0.717, 1.165) is 39.5 Å². The third kappa shape index (κ3) is 4.64. The summed E-state index contributed by atoms with van der Waals surface area (Å²) in [6.07, 6.45) is -0.349. The van der Waals surface area contributed by atoms with Crippen LogP contribution in [-0.2, 0) is 5.41 Å². The smallest absolute Gasteiger partial charge is 0.169 e. The molecule has 55 heavy (non-hydrogen) atoms. The van der Waals surface area contributed by atoms with Crippen molar-refractivity contribution >= 4 is 22.4 Å². The number of rotatable bonds is 4. The van der Waals surface area contributed by atoms with Crippen LogP contribution in [0.25, 0.3) is 44.2 Å². The molecule has 2 unspecified atom stereocenters. The molecule has 0 radical (unpaired) electrons. The Balaban J connectivity index is 1.05. The topological polar surface area (TPSA) is 60.5 Å². The van der Waals surface area contributed by atoms with Crippen molar-refractivity contribution in [3.05, 3.63) is 226 Å². The zero-order chi connectivity index (χ0) is 36.5. The van der Waals surface area contributed by atoms with E-state index < -0.39 is 5.41 Å². The molecule has 8 aromatic rings. The van der Waals surface area contributed by atoms with Gasteiger partial charge in [0.15, 0.2) is 6.17 Å². The number of benzene rings is 8. The van der Waals surface area contributed by atoms with E-state index in [4.69, 9.17) is 9.98 Å². The number of fused-ring (bicyclic) bond motifs is 12. The molecular formula is C51H32N4. The predicted molar refractivity (Wildman–Crippen MR) is 222 cm³/mol. The van der Waals surface area contributed by atoms with Crippen molar-refractivity contribution in [1.29, 1.82) is 5.26 Å². The lowest BCUT2D eigenvalue weighted by atomic mass is 9.70. The lowest BCUT2D eigenvalue weighted by Crippen LogP contribution is -2.36. The minimum Gasteiger partial charge on any atom is -0.324 e. The molecule has 4 nitrogen and oxygen atoms in total. The van der Waals surface area contributed by atoms with Gasteiger partial charge in [-0.15, -0.1) is 0 Å². The fraction of sp³-hybridized carbons (Fsp3) is 0.0392. The van der Waals surface area contributed by atoms with Crippen LogP contribution >= 0.6 is 0 Å². The highest BCUT2D eigenvalue weighted by Crippen LogP contribution is 2.64. The molecule has 1 aliphatic heterocycles. The van der Waals surface area contributed by atoms with Crippen molar-refractivity contribution in [2.24, 2.45) is 9.98 Å². The standard InChI is InChI=1S/C51H32N4/c52-31-32-19-26-40-41-27-24-38(30-46(41)51(45(40)29-32)43-18-10-9-17-42(43)47-39-16-8-7-11-34(39)25-28-44(47)51)33-20-22-37(23-21-33)50-54-48(35-12-3-1-4-13-35)53-49(55-50)36-14-5-2-6-15-36/h1-30,48H,(H,53,54,55). The highest BCUT2D eigenvalue weighted by atomic mass is 15.2. The van der Waals surface area contributed by atoms with E-state index in [0.29, 0.717) is 5.56 Å². The highest BCUT2D eigenvalue weighted by Gasteiger charge is 2.52. The van der Waals surface area contributed by atoms with Crippen molar-refractivity contribution in [3.63, 3.8) is 0 Å². The molecule has 1 N–H and O–H groups in total. The minimum absolute atomic E-state index is 0.349. The number of amidine groups is 2. The Morgan fingerprint density at radius 1 is 0.473 bits per heavy atom. The van der Waals surface area contributed by atoms with Crippen molar-refractivity contribution in [3.8, 4) is 39.4 Å². The van der Waals surface area contributed by atoms with Gasteiger partial charge in [0.2, 0.25) is 0 Å². The summed E-state index contributed by atoms with van der Waals surface area (Å²) >= 11 is 0. The van der Waals surface area contributed by atoms with E-state index in [-0.39, 0.29) is 6.17 Å². The first kappa shape index (κ1) is 31.2. The summed E-state index contributed by atoms with van der Waals surface area (Å²) in [5.41, 5.74) is 15.3. The summed E-state index contributed by atoms with van der Waals surface area (Å²) in [6, 6.07) is 66.8. The molecule has 4 heteroatoms. The van der Waals surface area contributed by atoms with E-state index in [9.17, 15) is 5.26 Å². The molecule has 0 amide bonds. The molecule has 1 spiro atoms. The van der Waals surface area contributed by atoms with Crippen LogP contribution in [0.1, 0.15) is 50.7 Å². The number of hydrogen-bond acceptors (Lipinski definition) is 4. The normalized spacial score (nSPS) is 17.3. The molecule has 256 valence electrons. The quantitative estimate of drug-likeness (QED) is 0.199. The number of hydrogen-bond donors (Lipinski definition) is 1. The molecule has 0 fully saturated rings. The summed E-state index contributed by atoms with van der Waals surface area (Å²) < 4.78 is 0. The Bertz CT molecular complexity index is 2950. The second-order valence-corrected chi connectivity index (χ2v) is 14.4. The van der Waals surface area contributed by atoms with Gasteiger partial charge < -0.3 is 5.32 Å². The zero-order valence-electron chi connectivity index (χ0n) is 29.7. The van der Waals surface area contributed by atoms with Crippen LogP contribution in [0.15, 0.2) is 192 Å². The maximum Gasteiger partial charge on any atom is 0.169 e. The van der Waals surface area contributed by atoms with Gasteiger partial charge in [0, 0.05) is 11.1 Å². The molecule has 2 atom stereocenters. The second kappa shape index (κ2) is 12.1. The molecule has 0 saturated carbocycles. The Kier molecular flexibility index (Phi) is 6.86. The lowest BCUT2D eigenvalue weighted by molar-refractivity contribution is 0.756. The fourth-order valence-electron chi connectivity index (χ4n) is 9.14. The van der Waals surface area contributed by atoms with Crippen LogP contribution in [0.2, 0.25) is 0 Å². The van der Waals surface area contributed by atoms with Gasteiger partial charge in [-0.1, -0.05) is 164 Å². The summed E-state index contributed by atoms with van der Waals surface area (Å²) in [7, 11) is 0. The largest absolute Gasteiger partial charge is 0.324 e. The maximum absolute atomic E-state index is 10.1. The zero-order valence-corrected chi connectivity index (χ0v) is 29.7. The first-order chi connectivity index (χ1) is 27.2. The van der Waals surface area contributed by atoms with E-state index >= 15 is 0 Å². The van der Waals surface area contributed by atoms with Gasteiger partial charge in [0.1, 0.15) is 11.7 Å². The van der Waals surface area contributed by atoms with Crippen LogP contribution < -0.4 is 5.32 Å². The first-order valence-corrected chi connectivity index (χ1v) is 18.7. The van der Waals surface area contributed by atoms with Gasteiger partial charge in [-0.2, -0.15) is 5.26 Å². The highest BCUT2D eigenvalue weighted by molar-refractivity contribution is 6.16. The Hall–Kier alpha value is -7.35. The van der Waals surface area contributed by atoms with Gasteiger partial charge >= 0.3 is 0 Å². The monoisotopic (exact) mass is 700 g/mol. The van der Waals surface area contributed by atoms with E-state index in [1.165, 1.54) is 55.3 Å². The summed E-state index contributed by atoms with van der Waals surface area (Å²) in [4.78, 5) is 10.1. The van der Waals surface area contributed by atoms with Crippen LogP contribution in [0.3, 0.4) is 0 Å². The van der Waals surface area contributed by atoms with Crippen LogP contribution in [0.4, 0.5) is 0 Å². The molecule has 11 rings (SSSR count). The Morgan fingerprint density at radius 2 is 1.09 bits per heavy atom. The average molecular weight is 701 g/mol. The van der Waals surface area contributed by atoms with Crippen molar-refractivity contribution in [2.45, 2.75) is 11.6 Å². The molecule has 3 aliphatic rings. The molecule has 8 aromatic carbocycles. The molecule has 0 bridgehead atoms. The number of nitriles is 1. The third-order valence-electron chi connectivity index (χ3n) is 11.6. The summed E-state index contributed by atoms with van der Waals surface area (Å²) in [5.74, 6) is 1.59. The van der Waals surface area contributed by atoms with E-state index in [1.807, 2.05) is 42.5 Å². The summed E-state index contributed by atoms with van der Waals surface area (Å²) in [6.45, 7) is 0. The van der Waals surface area contributed by atoms with Crippen molar-refractivity contribution in [2.75, 3.05) is 0 Å². The van der Waals surface area contributed by atoms with E-state index in [1.54, 1.807) is 0 Å². The second-order valence-electron chi connectivity index (χ2n) is 14.4. The molecule has 0 saturated heterocycles. The van der Waals surface area contributed by atoms with Gasteiger partial charge in [-0.25, -0.2) is 9.98 Å². The van der Waals surface area contributed by atoms with Gasteiger partial charge in [-0.05, 0) is 90.2 Å². The van der Waals surface area contributed by atoms with Gasteiger partial charge in [0.25, 0.3) is 0 Å². The Morgan fingerprint density at radius 3 is 1.87 bits per heavy atom. The third-order valence-corrected chi connectivity index (χ3v) is 11.6. The average Bonchev–Trinajstić information content (AvgIpc) is 3.73. The van der Waals surface area contributed by atoms with E-state index in [2.05, 4.69) is 151 Å². The predicted octanol–water partition coefficient (Wildman–Crippen LogP) is 11.2. The Labute approximate surface area is 319 Å². The van der Waals surface area contributed by atoms with Crippen molar-refractivity contribution in [1.82, 2.24) is 5.32 Å². The molecule has 2 aliphatic carbocycles. The molecule has 0 aromatic heterocycles. The number of nitrogens with zero attached hydrogens (tertiary/aromatic N) is 3. The molecular weight excluding hydrogens is 669 g/mol. The minimum atomic E-state index is -0.566. The van der Waals surface area contributed by atoms with Crippen LogP contribution in [0.5, 0.6) is 0 Å². The lowest BCUT2D eigenvalue weighted by Gasteiger charge is -2.31. The number of aliphatic imine (C=N–C) groups is 2. The first-order valence-electron chi connectivity index (χ1n) is 18.7. The van der Waals surface area contributed by atoms with Crippen LogP contribution in [0, 0.1) is 11.3 Å². The molecule has 1 heterocycles. The van der Waals surface area contributed by atoms with Gasteiger partial charge in [0.05, 0.1) is 17.0 Å².